The van der Waals surface area contributed by atoms with Crippen molar-refractivity contribution in [2.45, 2.75) is 13.8 Å². The number of Topliss-reactive ketones (excluding diaryl/α,β-unsaturated/α-hetero) is 1. The van der Waals surface area contributed by atoms with Gasteiger partial charge in [-0.15, -0.1) is 0 Å². The maximum absolute atomic E-state index is 13.7. The minimum Gasteiger partial charge on any atom is -0.295 e. The Hall–Kier alpha value is -1.96. The molecule has 1 nitrogen and oxygen atoms in total. The van der Waals surface area contributed by atoms with Gasteiger partial charge in [0, 0.05) is 11.1 Å². The standard InChI is InChI=1S/C15H13FO/c1-10-4-3-5-14(16)15(10)13-8-6-12(7-9-13)11(2)17/h3-9H,1-2H3. The van der Waals surface area contributed by atoms with Crippen molar-refractivity contribution in [2.24, 2.45) is 0 Å². The molecule has 0 atom stereocenters. The van der Waals surface area contributed by atoms with Crippen LogP contribution < -0.4 is 0 Å². The highest BCUT2D eigenvalue weighted by Crippen LogP contribution is 2.26. The van der Waals surface area contributed by atoms with E-state index in [0.717, 1.165) is 11.1 Å². The number of hydrogen-bond donors (Lipinski definition) is 0. The molecule has 86 valence electrons. The molecule has 0 N–H and O–H groups in total. The summed E-state index contributed by atoms with van der Waals surface area (Å²) >= 11 is 0. The fourth-order valence-electron chi connectivity index (χ4n) is 1.87. The van der Waals surface area contributed by atoms with Crippen molar-refractivity contribution in [2.75, 3.05) is 0 Å². The second-order valence-corrected chi connectivity index (χ2v) is 4.07. The molecule has 0 aromatic heterocycles. The molecule has 0 bridgehead atoms. The third-order valence-corrected chi connectivity index (χ3v) is 2.80. The number of carbonyl (C=O) groups excluding carboxylic acids is 1. The maximum atomic E-state index is 13.7. The Morgan fingerprint density at radius 2 is 1.71 bits per heavy atom. The smallest absolute Gasteiger partial charge is 0.159 e. The zero-order chi connectivity index (χ0) is 12.4. The average Bonchev–Trinajstić information content (AvgIpc) is 2.29. The minimum absolute atomic E-state index is 0.0156. The molecule has 0 saturated carbocycles. The van der Waals surface area contributed by atoms with Crippen LogP contribution in [0.2, 0.25) is 0 Å². The second-order valence-electron chi connectivity index (χ2n) is 4.07. The van der Waals surface area contributed by atoms with Gasteiger partial charge < -0.3 is 0 Å². The molecule has 0 saturated heterocycles. The molecule has 0 amide bonds. The van der Waals surface area contributed by atoms with Gasteiger partial charge in [0.15, 0.2) is 5.78 Å². The Balaban J connectivity index is 2.50. The van der Waals surface area contributed by atoms with E-state index in [9.17, 15) is 9.18 Å². The molecule has 2 heteroatoms. The summed E-state index contributed by atoms with van der Waals surface area (Å²) in [5.41, 5.74) is 2.93. The first-order valence-electron chi connectivity index (χ1n) is 5.46. The predicted molar refractivity (Wildman–Crippen MR) is 66.6 cm³/mol. The maximum Gasteiger partial charge on any atom is 0.159 e. The monoisotopic (exact) mass is 228 g/mol. The van der Waals surface area contributed by atoms with E-state index in [1.807, 2.05) is 13.0 Å². The summed E-state index contributed by atoms with van der Waals surface area (Å²) in [5, 5.41) is 0. The minimum atomic E-state index is -0.236. The first-order valence-corrected chi connectivity index (χ1v) is 5.46. The largest absolute Gasteiger partial charge is 0.295 e. The molecular weight excluding hydrogens is 215 g/mol. The fraction of sp³-hybridized carbons (Fsp3) is 0.133. The number of aryl methyl sites for hydroxylation is 1. The zero-order valence-electron chi connectivity index (χ0n) is 9.83. The Morgan fingerprint density at radius 3 is 2.24 bits per heavy atom. The van der Waals surface area contributed by atoms with Crippen molar-refractivity contribution in [3.8, 4) is 11.1 Å². The van der Waals surface area contributed by atoms with E-state index in [4.69, 9.17) is 0 Å². The molecule has 0 unspecified atom stereocenters. The molecule has 17 heavy (non-hydrogen) atoms. The summed E-state index contributed by atoms with van der Waals surface area (Å²) in [4.78, 5) is 11.2. The van der Waals surface area contributed by atoms with Crippen LogP contribution in [-0.2, 0) is 0 Å². The molecule has 0 heterocycles. The van der Waals surface area contributed by atoms with E-state index in [2.05, 4.69) is 0 Å². The number of rotatable bonds is 2. The van der Waals surface area contributed by atoms with Gasteiger partial charge in [0.05, 0.1) is 0 Å². The topological polar surface area (TPSA) is 17.1 Å². The number of ketones is 1. The van der Waals surface area contributed by atoms with Gasteiger partial charge in [-0.3, -0.25) is 4.79 Å². The Bertz CT molecular complexity index is 535. The lowest BCUT2D eigenvalue weighted by Gasteiger charge is -2.07. The van der Waals surface area contributed by atoms with Gasteiger partial charge in [-0.1, -0.05) is 36.4 Å². The highest BCUT2D eigenvalue weighted by molar-refractivity contribution is 5.94. The molecule has 0 aliphatic carbocycles. The lowest BCUT2D eigenvalue weighted by Crippen LogP contribution is -1.93. The fourth-order valence-corrected chi connectivity index (χ4v) is 1.87. The molecule has 0 radical (unpaired) electrons. The SMILES string of the molecule is CC(=O)c1ccc(-c2c(C)cccc2F)cc1. The van der Waals surface area contributed by atoms with Crippen molar-refractivity contribution in [3.63, 3.8) is 0 Å². The first-order chi connectivity index (χ1) is 8.09. The summed E-state index contributed by atoms with van der Waals surface area (Å²) < 4.78 is 13.7. The van der Waals surface area contributed by atoms with E-state index in [-0.39, 0.29) is 11.6 Å². The molecule has 2 rings (SSSR count). The van der Waals surface area contributed by atoms with Crippen molar-refractivity contribution in [1.82, 2.24) is 0 Å². The molecular formula is C15H13FO. The van der Waals surface area contributed by atoms with Gasteiger partial charge in [0.25, 0.3) is 0 Å². The molecule has 0 fully saturated rings. The highest BCUT2D eigenvalue weighted by Gasteiger charge is 2.08. The summed E-state index contributed by atoms with van der Waals surface area (Å²) in [5.74, 6) is -0.220. The van der Waals surface area contributed by atoms with Crippen LogP contribution in [0.5, 0.6) is 0 Å². The van der Waals surface area contributed by atoms with Crippen molar-refractivity contribution >= 4 is 5.78 Å². The summed E-state index contributed by atoms with van der Waals surface area (Å²) in [6.45, 7) is 3.39. The Kier molecular flexibility index (Phi) is 3.05. The van der Waals surface area contributed by atoms with Gasteiger partial charge >= 0.3 is 0 Å². The van der Waals surface area contributed by atoms with E-state index in [1.165, 1.54) is 13.0 Å². The molecule has 2 aromatic carbocycles. The van der Waals surface area contributed by atoms with Crippen molar-refractivity contribution in [3.05, 3.63) is 59.4 Å². The Morgan fingerprint density at radius 1 is 1.06 bits per heavy atom. The van der Waals surface area contributed by atoms with Crippen molar-refractivity contribution < 1.29 is 9.18 Å². The molecule has 2 aromatic rings. The van der Waals surface area contributed by atoms with E-state index in [1.54, 1.807) is 30.3 Å². The highest BCUT2D eigenvalue weighted by atomic mass is 19.1. The van der Waals surface area contributed by atoms with Crippen LogP contribution in [0.3, 0.4) is 0 Å². The van der Waals surface area contributed by atoms with E-state index >= 15 is 0 Å². The van der Waals surface area contributed by atoms with E-state index < -0.39 is 0 Å². The molecule has 0 aliphatic rings. The second kappa shape index (κ2) is 4.50. The molecule has 0 aliphatic heterocycles. The quantitative estimate of drug-likeness (QED) is 0.710. The average molecular weight is 228 g/mol. The van der Waals surface area contributed by atoms with Crippen LogP contribution >= 0.6 is 0 Å². The lowest BCUT2D eigenvalue weighted by molar-refractivity contribution is 0.101. The van der Waals surface area contributed by atoms with Crippen LogP contribution in [0.4, 0.5) is 4.39 Å². The first kappa shape index (κ1) is 11.5. The van der Waals surface area contributed by atoms with Crippen LogP contribution in [0.25, 0.3) is 11.1 Å². The van der Waals surface area contributed by atoms with Crippen molar-refractivity contribution in [1.29, 1.82) is 0 Å². The van der Waals surface area contributed by atoms with Crippen LogP contribution in [-0.4, -0.2) is 5.78 Å². The Labute approximate surface area is 99.9 Å². The van der Waals surface area contributed by atoms with Crippen LogP contribution in [0, 0.1) is 12.7 Å². The van der Waals surface area contributed by atoms with Gasteiger partial charge in [-0.25, -0.2) is 4.39 Å². The van der Waals surface area contributed by atoms with Gasteiger partial charge in [-0.05, 0) is 31.0 Å². The van der Waals surface area contributed by atoms with Crippen LogP contribution in [0.1, 0.15) is 22.8 Å². The van der Waals surface area contributed by atoms with Gasteiger partial charge in [-0.2, -0.15) is 0 Å². The zero-order valence-corrected chi connectivity index (χ0v) is 9.83. The number of benzene rings is 2. The number of hydrogen-bond acceptors (Lipinski definition) is 1. The molecule has 0 spiro atoms. The van der Waals surface area contributed by atoms with Gasteiger partial charge in [0.1, 0.15) is 5.82 Å². The number of carbonyl (C=O) groups is 1. The summed E-state index contributed by atoms with van der Waals surface area (Å²) in [6, 6.07) is 12.0. The normalized spacial score (nSPS) is 10.3. The lowest BCUT2D eigenvalue weighted by atomic mass is 9.98. The third-order valence-electron chi connectivity index (χ3n) is 2.80. The summed E-state index contributed by atoms with van der Waals surface area (Å²) in [7, 11) is 0. The van der Waals surface area contributed by atoms with Gasteiger partial charge in [0.2, 0.25) is 0 Å². The number of halogens is 1. The predicted octanol–water partition coefficient (Wildman–Crippen LogP) is 4.00. The van der Waals surface area contributed by atoms with E-state index in [0.29, 0.717) is 11.1 Å². The van der Waals surface area contributed by atoms with Crippen LogP contribution in [0.15, 0.2) is 42.5 Å². The summed E-state index contributed by atoms with van der Waals surface area (Å²) in [6.07, 6.45) is 0. The third kappa shape index (κ3) is 2.26.